The summed E-state index contributed by atoms with van der Waals surface area (Å²) in [5.41, 5.74) is 3.47. The summed E-state index contributed by atoms with van der Waals surface area (Å²) in [6, 6.07) is 0. The van der Waals surface area contributed by atoms with E-state index in [1.165, 1.54) is 54.0 Å². The van der Waals surface area contributed by atoms with Crippen molar-refractivity contribution >= 4 is 17.3 Å². The molecule has 4 fully saturated rings. The molecule has 0 bridgehead atoms. The van der Waals surface area contributed by atoms with Crippen molar-refractivity contribution < 1.29 is 19.7 Å². The van der Waals surface area contributed by atoms with Gasteiger partial charge in [0.25, 0.3) is 0 Å². The summed E-state index contributed by atoms with van der Waals surface area (Å²) in [5, 5.41) is 21.7. The van der Waals surface area contributed by atoms with Gasteiger partial charge in [0.2, 0.25) is 0 Å². The molecular weight excluding hydrogens is 578 g/mol. The Labute approximate surface area is 276 Å². The number of aliphatic hydroxyl groups excluding tert-OH is 2. The molecule has 0 aromatic carbocycles. The topological polar surface area (TPSA) is 79.7 Å². The van der Waals surface area contributed by atoms with Gasteiger partial charge in [0.05, 0.1) is 23.5 Å². The van der Waals surface area contributed by atoms with Crippen LogP contribution in [0.15, 0.2) is 41.6 Å². The Bertz CT molecular complexity index is 1260. The predicted molar refractivity (Wildman–Crippen MR) is 184 cm³/mol. The van der Waals surface area contributed by atoms with Gasteiger partial charge in [-0.1, -0.05) is 65.3 Å². The Hall–Kier alpha value is -1.76. The molecule has 0 aliphatic heterocycles. The maximum atomic E-state index is 13.2. The third-order valence-electron chi connectivity index (χ3n) is 12.3. The fraction of sp³-hybridized carbons (Fsp3) is 0.744. The van der Waals surface area contributed by atoms with Gasteiger partial charge in [-0.05, 0) is 118 Å². The van der Waals surface area contributed by atoms with E-state index in [0.29, 0.717) is 30.6 Å². The van der Waals surface area contributed by atoms with Gasteiger partial charge in [-0.3, -0.25) is 4.79 Å². The standard InChI is InChI=1S/C39H59NO4S/c1-7-9-12-31-24-40-37(45-31)39(20-21-39)35(44-36(43)25(3)8-2)18-13-26(4)32-16-17-33-28(11-10-19-38(32,33)6)14-15-29-22-30(41)23-34(42)27(29)5/h14-15,24-26,30,32-35,41-42H,5,7-13,16-23H2,1-4,6H3/t25?,26-,30-,32-,33+,34+,35+,38-/m1/s1. The van der Waals surface area contributed by atoms with Crippen LogP contribution in [0.25, 0.3) is 0 Å². The number of rotatable bonds is 13. The quantitative estimate of drug-likeness (QED) is 0.211. The highest BCUT2D eigenvalue weighted by molar-refractivity contribution is 7.11. The molecule has 1 unspecified atom stereocenters. The number of aliphatic hydroxyl groups is 2. The number of hydrogen-bond acceptors (Lipinski definition) is 6. The van der Waals surface area contributed by atoms with Crippen LogP contribution >= 0.6 is 11.3 Å². The summed E-state index contributed by atoms with van der Waals surface area (Å²) >= 11 is 1.85. The molecule has 4 aliphatic carbocycles. The van der Waals surface area contributed by atoms with Crippen LogP contribution in [0.2, 0.25) is 0 Å². The number of aromatic nitrogens is 1. The van der Waals surface area contributed by atoms with Crippen LogP contribution in [0, 0.1) is 29.1 Å². The number of unbranched alkanes of at least 4 members (excludes halogenated alkanes) is 1. The second-order valence-electron chi connectivity index (χ2n) is 15.3. The second-order valence-corrected chi connectivity index (χ2v) is 16.5. The lowest BCUT2D eigenvalue weighted by molar-refractivity contribution is -0.156. The normalized spacial score (nSPS) is 33.2. The van der Waals surface area contributed by atoms with E-state index < -0.39 is 12.2 Å². The Kier molecular flexibility index (Phi) is 11.2. The largest absolute Gasteiger partial charge is 0.461 e. The molecule has 6 heteroatoms. The highest BCUT2D eigenvalue weighted by atomic mass is 32.1. The summed E-state index contributed by atoms with van der Waals surface area (Å²) in [4.78, 5) is 19.4. The highest BCUT2D eigenvalue weighted by Gasteiger charge is 2.56. The first-order chi connectivity index (χ1) is 21.5. The lowest BCUT2D eigenvalue weighted by Crippen LogP contribution is -2.37. The lowest BCUT2D eigenvalue weighted by atomic mass is 9.60. The van der Waals surface area contributed by atoms with Gasteiger partial charge in [-0.15, -0.1) is 11.3 Å². The van der Waals surface area contributed by atoms with Crippen LogP contribution in [0.1, 0.15) is 134 Å². The first-order valence-corrected chi connectivity index (χ1v) is 18.9. The first kappa shape index (κ1) is 34.6. The average Bonchev–Trinajstić information content (AvgIpc) is 3.53. The van der Waals surface area contributed by atoms with Crippen LogP contribution in [-0.4, -0.2) is 39.5 Å². The van der Waals surface area contributed by atoms with Crippen LogP contribution in [0.4, 0.5) is 0 Å². The number of esters is 1. The molecule has 1 aromatic heterocycles. The van der Waals surface area contributed by atoms with Crippen molar-refractivity contribution in [2.24, 2.45) is 29.1 Å². The zero-order chi connectivity index (χ0) is 32.4. The van der Waals surface area contributed by atoms with Crippen LogP contribution in [-0.2, 0) is 21.4 Å². The van der Waals surface area contributed by atoms with E-state index in [0.717, 1.165) is 56.1 Å². The molecule has 1 heterocycles. The maximum Gasteiger partial charge on any atom is 0.308 e. The van der Waals surface area contributed by atoms with Crippen molar-refractivity contribution in [3.05, 3.63) is 51.5 Å². The van der Waals surface area contributed by atoms with Gasteiger partial charge in [-0.2, -0.15) is 0 Å². The summed E-state index contributed by atoms with van der Waals surface area (Å²) in [6.07, 6.45) is 20.7. The van der Waals surface area contributed by atoms with E-state index in [2.05, 4.69) is 52.6 Å². The monoisotopic (exact) mass is 637 g/mol. The molecule has 5 rings (SSSR count). The molecule has 0 radical (unpaired) electrons. The molecule has 0 saturated heterocycles. The number of aryl methyl sites for hydroxylation is 1. The number of hydrogen-bond donors (Lipinski definition) is 2. The first-order valence-electron chi connectivity index (χ1n) is 18.1. The molecule has 250 valence electrons. The summed E-state index contributed by atoms with van der Waals surface area (Å²) in [7, 11) is 0. The summed E-state index contributed by atoms with van der Waals surface area (Å²) < 4.78 is 6.42. The van der Waals surface area contributed by atoms with Crippen LogP contribution < -0.4 is 0 Å². The number of thiazole rings is 1. The smallest absolute Gasteiger partial charge is 0.308 e. The molecule has 2 N–H and O–H groups in total. The molecule has 4 aliphatic rings. The van der Waals surface area contributed by atoms with Crippen LogP contribution in [0.5, 0.6) is 0 Å². The molecule has 0 spiro atoms. The van der Waals surface area contributed by atoms with Gasteiger partial charge >= 0.3 is 5.97 Å². The van der Waals surface area contributed by atoms with Crippen molar-refractivity contribution in [2.45, 2.75) is 155 Å². The van der Waals surface area contributed by atoms with Gasteiger partial charge in [0.15, 0.2) is 0 Å². The fourth-order valence-corrected chi connectivity index (χ4v) is 10.2. The maximum absolute atomic E-state index is 13.2. The Morgan fingerprint density at radius 2 is 1.96 bits per heavy atom. The van der Waals surface area contributed by atoms with Crippen molar-refractivity contribution in [1.29, 1.82) is 0 Å². The predicted octanol–water partition coefficient (Wildman–Crippen LogP) is 9.03. The van der Waals surface area contributed by atoms with Crippen molar-refractivity contribution in [3.63, 3.8) is 0 Å². The lowest BCUT2D eigenvalue weighted by Gasteiger charge is -2.44. The molecule has 1 aromatic rings. The van der Waals surface area contributed by atoms with E-state index in [1.807, 2.05) is 18.3 Å². The van der Waals surface area contributed by atoms with E-state index >= 15 is 0 Å². The third kappa shape index (κ3) is 7.38. The number of fused-ring (bicyclic) bond motifs is 1. The molecular formula is C39H59NO4S. The molecule has 45 heavy (non-hydrogen) atoms. The average molecular weight is 638 g/mol. The van der Waals surface area contributed by atoms with E-state index in [4.69, 9.17) is 9.72 Å². The minimum Gasteiger partial charge on any atom is -0.461 e. The molecule has 0 amide bonds. The number of carbonyl (C=O) groups is 1. The van der Waals surface area contributed by atoms with Crippen molar-refractivity contribution in [1.82, 2.24) is 4.98 Å². The number of carbonyl (C=O) groups excluding carboxylic acids is 1. The van der Waals surface area contributed by atoms with Gasteiger partial charge in [0.1, 0.15) is 11.1 Å². The summed E-state index contributed by atoms with van der Waals surface area (Å²) in [6.45, 7) is 15.4. The van der Waals surface area contributed by atoms with Gasteiger partial charge in [-0.25, -0.2) is 4.98 Å². The van der Waals surface area contributed by atoms with Crippen molar-refractivity contribution in [3.8, 4) is 0 Å². The second kappa shape index (κ2) is 14.6. The third-order valence-corrected chi connectivity index (χ3v) is 13.6. The van der Waals surface area contributed by atoms with Crippen LogP contribution in [0.3, 0.4) is 0 Å². The SMILES string of the molecule is C=C1C(=CC=C2CCC[C@]3(C)[C@@H]([C@H](C)CC[C@H](OC(=O)C(C)CC)C4(c5ncc(CCCC)s5)CC4)CC[C@@H]23)C[C@@H](O)C[C@@H]1O. The zero-order valence-corrected chi connectivity index (χ0v) is 29.5. The van der Waals surface area contributed by atoms with E-state index in [1.54, 1.807) is 0 Å². The number of nitrogens with zero attached hydrogens (tertiary/aromatic N) is 1. The Balaban J connectivity index is 1.29. The van der Waals surface area contributed by atoms with E-state index in [-0.39, 0.29) is 28.8 Å². The Morgan fingerprint density at radius 3 is 2.67 bits per heavy atom. The molecule has 5 nitrogen and oxygen atoms in total. The number of ether oxygens (including phenoxy) is 1. The zero-order valence-electron chi connectivity index (χ0n) is 28.7. The van der Waals surface area contributed by atoms with Crippen molar-refractivity contribution in [2.75, 3.05) is 0 Å². The molecule has 4 saturated carbocycles. The Morgan fingerprint density at radius 1 is 1.18 bits per heavy atom. The summed E-state index contributed by atoms with van der Waals surface area (Å²) in [5.74, 6) is 1.65. The minimum atomic E-state index is -0.645. The van der Waals surface area contributed by atoms with Gasteiger partial charge < -0.3 is 14.9 Å². The highest BCUT2D eigenvalue weighted by Crippen LogP contribution is 2.60. The molecule has 8 atom stereocenters. The fourth-order valence-electron chi connectivity index (χ4n) is 8.98. The minimum absolute atomic E-state index is 0.0473. The number of allylic oxidation sites excluding steroid dienone is 3. The van der Waals surface area contributed by atoms with E-state index in [9.17, 15) is 15.0 Å². The van der Waals surface area contributed by atoms with Gasteiger partial charge in [0, 0.05) is 17.5 Å².